The van der Waals surface area contributed by atoms with E-state index in [1.54, 1.807) is 12.1 Å². The van der Waals surface area contributed by atoms with Crippen molar-refractivity contribution < 1.29 is 8.42 Å². The van der Waals surface area contributed by atoms with E-state index >= 15 is 0 Å². The van der Waals surface area contributed by atoms with Crippen LogP contribution in [0.25, 0.3) is 21.7 Å². The molecule has 0 saturated heterocycles. The number of nitrogens with two attached hydrogens (primary N) is 1. The van der Waals surface area contributed by atoms with Crippen molar-refractivity contribution in [3.8, 4) is 10.7 Å². The van der Waals surface area contributed by atoms with Gasteiger partial charge in [0.2, 0.25) is 0 Å². The van der Waals surface area contributed by atoms with E-state index in [9.17, 15) is 8.42 Å². The predicted molar refractivity (Wildman–Crippen MR) is 81.5 cm³/mol. The van der Waals surface area contributed by atoms with Gasteiger partial charge >= 0.3 is 0 Å². The second kappa shape index (κ2) is 4.32. The Morgan fingerprint density at radius 2 is 2.00 bits per heavy atom. The standard InChI is InChI=1S/C13H13N3O2S2/c1-16-8-4-3-5-10(20(2,17)18)12(8)15-13(16)9-6-7-11(14)19-9/h3-7H,14H2,1-2H3. The number of aromatic nitrogens is 2. The number of nitrogens with zero attached hydrogens (tertiary/aromatic N) is 2. The Balaban J connectivity index is 2.35. The normalized spacial score (nSPS) is 12.1. The van der Waals surface area contributed by atoms with E-state index in [0.29, 0.717) is 10.5 Å². The number of hydrogen-bond donors (Lipinski definition) is 1. The number of nitrogen functional groups attached to an aromatic ring is 1. The van der Waals surface area contributed by atoms with Crippen molar-refractivity contribution in [3.63, 3.8) is 0 Å². The van der Waals surface area contributed by atoms with Crippen LogP contribution < -0.4 is 5.73 Å². The number of benzene rings is 1. The molecule has 0 aliphatic rings. The lowest BCUT2D eigenvalue weighted by atomic mass is 10.3. The van der Waals surface area contributed by atoms with Gasteiger partial charge in [0.1, 0.15) is 5.52 Å². The molecule has 3 rings (SSSR count). The zero-order chi connectivity index (χ0) is 14.5. The Bertz CT molecular complexity index is 907. The molecule has 0 bridgehead atoms. The fraction of sp³-hybridized carbons (Fsp3) is 0.154. The van der Waals surface area contributed by atoms with Gasteiger partial charge in [0.15, 0.2) is 15.7 Å². The first-order chi connectivity index (χ1) is 9.38. The molecule has 0 atom stereocenters. The van der Waals surface area contributed by atoms with Crippen LogP contribution in [0.3, 0.4) is 0 Å². The third-order valence-electron chi connectivity index (χ3n) is 3.12. The largest absolute Gasteiger partial charge is 0.391 e. The van der Waals surface area contributed by atoms with Gasteiger partial charge in [0, 0.05) is 13.3 Å². The highest BCUT2D eigenvalue weighted by Crippen LogP contribution is 2.32. The van der Waals surface area contributed by atoms with Gasteiger partial charge in [-0.05, 0) is 24.3 Å². The van der Waals surface area contributed by atoms with E-state index in [1.165, 1.54) is 17.6 Å². The lowest BCUT2D eigenvalue weighted by Gasteiger charge is -2.00. The molecule has 1 aromatic carbocycles. The van der Waals surface area contributed by atoms with Crippen molar-refractivity contribution in [2.45, 2.75) is 4.90 Å². The molecule has 104 valence electrons. The van der Waals surface area contributed by atoms with Gasteiger partial charge in [-0.1, -0.05) is 6.07 Å². The number of thiophene rings is 1. The molecule has 0 radical (unpaired) electrons. The van der Waals surface area contributed by atoms with Crippen LogP contribution in [0.15, 0.2) is 35.2 Å². The maximum Gasteiger partial charge on any atom is 0.177 e. The summed E-state index contributed by atoms with van der Waals surface area (Å²) in [5.41, 5.74) is 7.03. The van der Waals surface area contributed by atoms with E-state index in [-0.39, 0.29) is 4.90 Å². The number of anilines is 1. The third-order valence-corrected chi connectivity index (χ3v) is 5.16. The Labute approximate surface area is 120 Å². The Morgan fingerprint density at radius 3 is 2.60 bits per heavy atom. The number of aryl methyl sites for hydroxylation is 1. The average Bonchev–Trinajstić information content (AvgIpc) is 2.92. The number of fused-ring (bicyclic) bond motifs is 1. The summed E-state index contributed by atoms with van der Waals surface area (Å²) in [5, 5.41) is 0.704. The summed E-state index contributed by atoms with van der Waals surface area (Å²) in [4.78, 5) is 5.67. The zero-order valence-corrected chi connectivity index (χ0v) is 12.6. The number of para-hydroxylation sites is 1. The van der Waals surface area contributed by atoms with Crippen LogP contribution in [0.2, 0.25) is 0 Å². The first kappa shape index (κ1) is 13.1. The Hall–Kier alpha value is -1.86. The van der Waals surface area contributed by atoms with Gasteiger partial charge in [-0.3, -0.25) is 0 Å². The number of hydrogen-bond acceptors (Lipinski definition) is 5. The van der Waals surface area contributed by atoms with Crippen LogP contribution in [0.5, 0.6) is 0 Å². The van der Waals surface area contributed by atoms with Crippen LogP contribution in [-0.4, -0.2) is 24.2 Å². The fourth-order valence-corrected chi connectivity index (χ4v) is 3.81. The molecule has 0 amide bonds. The quantitative estimate of drug-likeness (QED) is 0.788. The summed E-state index contributed by atoms with van der Waals surface area (Å²) in [5.74, 6) is 0.720. The second-order valence-electron chi connectivity index (χ2n) is 4.59. The van der Waals surface area contributed by atoms with Gasteiger partial charge in [0.25, 0.3) is 0 Å². The fourth-order valence-electron chi connectivity index (χ4n) is 2.18. The van der Waals surface area contributed by atoms with Gasteiger partial charge in [-0.15, -0.1) is 11.3 Å². The van der Waals surface area contributed by atoms with Crippen molar-refractivity contribution in [2.75, 3.05) is 12.0 Å². The predicted octanol–water partition coefficient (Wildman–Crippen LogP) is 2.29. The number of sulfone groups is 1. The highest BCUT2D eigenvalue weighted by atomic mass is 32.2. The number of rotatable bonds is 2. The molecule has 0 spiro atoms. The van der Waals surface area contributed by atoms with Crippen LogP contribution in [0, 0.1) is 0 Å². The lowest BCUT2D eigenvalue weighted by molar-refractivity contribution is 0.602. The van der Waals surface area contributed by atoms with E-state index in [4.69, 9.17) is 5.73 Å². The summed E-state index contributed by atoms with van der Waals surface area (Å²) in [7, 11) is -1.44. The van der Waals surface area contributed by atoms with Gasteiger partial charge in [-0.25, -0.2) is 13.4 Å². The maximum atomic E-state index is 11.8. The van der Waals surface area contributed by atoms with E-state index in [2.05, 4.69) is 4.98 Å². The second-order valence-corrected chi connectivity index (χ2v) is 7.69. The van der Waals surface area contributed by atoms with E-state index in [1.807, 2.05) is 29.8 Å². The molecule has 0 unspecified atom stereocenters. The molecular weight excluding hydrogens is 294 g/mol. The van der Waals surface area contributed by atoms with Crippen molar-refractivity contribution in [1.29, 1.82) is 0 Å². The van der Waals surface area contributed by atoms with Crippen LogP contribution >= 0.6 is 11.3 Å². The SMILES string of the molecule is Cn1c(-c2ccc(N)s2)nc2c(S(C)(=O)=O)cccc21. The first-order valence-electron chi connectivity index (χ1n) is 5.89. The summed E-state index contributed by atoms with van der Waals surface area (Å²) < 4.78 is 25.6. The molecule has 5 nitrogen and oxygen atoms in total. The lowest BCUT2D eigenvalue weighted by Crippen LogP contribution is -1.98. The summed E-state index contributed by atoms with van der Waals surface area (Å²) in [6.07, 6.45) is 1.19. The molecule has 0 aliphatic heterocycles. The van der Waals surface area contributed by atoms with Crippen molar-refractivity contribution in [2.24, 2.45) is 7.05 Å². The van der Waals surface area contributed by atoms with Crippen molar-refractivity contribution in [1.82, 2.24) is 9.55 Å². The minimum atomic E-state index is -3.31. The Morgan fingerprint density at radius 1 is 1.25 bits per heavy atom. The van der Waals surface area contributed by atoms with Gasteiger partial charge in [0.05, 0.1) is 20.3 Å². The molecule has 2 aromatic heterocycles. The van der Waals surface area contributed by atoms with Crippen LogP contribution in [-0.2, 0) is 16.9 Å². The highest BCUT2D eigenvalue weighted by Gasteiger charge is 2.18. The molecule has 7 heteroatoms. The molecule has 0 aliphatic carbocycles. The minimum Gasteiger partial charge on any atom is -0.391 e. The summed E-state index contributed by atoms with van der Waals surface area (Å²) in [6, 6.07) is 8.87. The van der Waals surface area contributed by atoms with Crippen LogP contribution in [0.1, 0.15) is 0 Å². The molecule has 0 fully saturated rings. The summed E-state index contributed by atoms with van der Waals surface area (Å²) in [6.45, 7) is 0. The molecule has 20 heavy (non-hydrogen) atoms. The smallest absolute Gasteiger partial charge is 0.177 e. The molecule has 3 aromatic rings. The maximum absolute atomic E-state index is 11.8. The topological polar surface area (TPSA) is 78.0 Å². The Kier molecular flexibility index (Phi) is 2.84. The zero-order valence-electron chi connectivity index (χ0n) is 11.0. The average molecular weight is 307 g/mol. The van der Waals surface area contributed by atoms with Gasteiger partial charge < -0.3 is 10.3 Å². The monoisotopic (exact) mass is 307 g/mol. The minimum absolute atomic E-state index is 0.251. The molecule has 2 heterocycles. The molecule has 2 N–H and O–H groups in total. The van der Waals surface area contributed by atoms with Crippen LogP contribution in [0.4, 0.5) is 5.00 Å². The van der Waals surface area contributed by atoms with E-state index < -0.39 is 9.84 Å². The highest BCUT2D eigenvalue weighted by molar-refractivity contribution is 7.91. The van der Waals surface area contributed by atoms with Crippen molar-refractivity contribution >= 4 is 37.2 Å². The first-order valence-corrected chi connectivity index (χ1v) is 8.60. The van der Waals surface area contributed by atoms with Gasteiger partial charge in [-0.2, -0.15) is 0 Å². The van der Waals surface area contributed by atoms with Crippen molar-refractivity contribution in [3.05, 3.63) is 30.3 Å². The number of imidazole rings is 1. The molecular formula is C13H13N3O2S2. The van der Waals surface area contributed by atoms with E-state index in [0.717, 1.165) is 16.2 Å². The summed E-state index contributed by atoms with van der Waals surface area (Å²) >= 11 is 1.43. The molecule has 0 saturated carbocycles. The third kappa shape index (κ3) is 1.99.